The van der Waals surface area contributed by atoms with Crippen LogP contribution in [0.15, 0.2) is 346 Å². The van der Waals surface area contributed by atoms with Gasteiger partial charge >= 0.3 is 0 Å². The smallest absolute Gasteiger partial charge is 0.146 e. The van der Waals surface area contributed by atoms with Gasteiger partial charge in [-0.05, 0) is 137 Å². The Hall–Kier alpha value is -13.9. The fourth-order valence-electron chi connectivity index (χ4n) is 17.0. The Morgan fingerprint density at radius 3 is 1.02 bits per heavy atom. The Morgan fingerprint density at radius 1 is 0.167 bits per heavy atom. The van der Waals surface area contributed by atoms with Crippen LogP contribution >= 0.6 is 0 Å². The van der Waals surface area contributed by atoms with E-state index in [2.05, 4.69) is 373 Å². The molecule has 0 aliphatic heterocycles. The number of para-hydroxylation sites is 12. The van der Waals surface area contributed by atoms with E-state index in [0.717, 1.165) is 50.0 Å². The summed E-state index contributed by atoms with van der Waals surface area (Å²) in [6.45, 7) is 0. The van der Waals surface area contributed by atoms with Gasteiger partial charge in [0.05, 0.1) is 82.8 Å². The Labute approximate surface area is 581 Å². The van der Waals surface area contributed by atoms with Crippen LogP contribution in [0.25, 0.3) is 198 Å². The number of hydrogen-bond acceptors (Lipinski definition) is 3. The molecule has 9 heteroatoms. The first kappa shape index (κ1) is 56.2. The van der Waals surface area contributed by atoms with Crippen molar-refractivity contribution in [1.82, 2.24) is 41.9 Å². The predicted molar refractivity (Wildman–Crippen MR) is 426 cm³/mol. The molecule has 9 nitrogen and oxygen atoms in total. The van der Waals surface area contributed by atoms with Gasteiger partial charge in [-0.2, -0.15) is 0 Å². The van der Waals surface area contributed by atoms with Crippen LogP contribution in [0.1, 0.15) is 0 Å². The minimum Gasteiger partial charge on any atom is -0.309 e. The van der Waals surface area contributed by atoms with Crippen molar-refractivity contribution in [1.29, 1.82) is 0 Å². The average molecular weight is 1300 g/mol. The van der Waals surface area contributed by atoms with Gasteiger partial charge in [0.1, 0.15) is 16.9 Å². The molecule has 24 rings (SSSR count). The summed E-state index contributed by atoms with van der Waals surface area (Å²) in [7, 11) is 0. The van der Waals surface area contributed by atoms with E-state index in [1.54, 1.807) is 0 Å². The van der Waals surface area contributed by atoms with Crippen LogP contribution in [-0.2, 0) is 0 Å². The lowest BCUT2D eigenvalue weighted by Crippen LogP contribution is -1.97. The van der Waals surface area contributed by atoms with Crippen molar-refractivity contribution in [3.05, 3.63) is 346 Å². The monoisotopic (exact) mass is 1300 g/mol. The van der Waals surface area contributed by atoms with E-state index in [1.807, 2.05) is 0 Å². The Balaban J connectivity index is 0.0000000967. The first-order valence-electron chi connectivity index (χ1n) is 34.8. The van der Waals surface area contributed by atoms with E-state index in [1.165, 1.54) is 148 Å². The molecule has 24 aromatic rings. The van der Waals surface area contributed by atoms with E-state index >= 15 is 0 Å². The maximum Gasteiger partial charge on any atom is 0.146 e. The molecular weight excluding hydrogens is 1240 g/mol. The van der Waals surface area contributed by atoms with Crippen LogP contribution in [0.5, 0.6) is 0 Å². The molecule has 0 aliphatic carbocycles. The molecule has 0 atom stereocenters. The highest BCUT2D eigenvalue weighted by Crippen LogP contribution is 2.45. The third kappa shape index (κ3) is 8.01. The summed E-state index contributed by atoms with van der Waals surface area (Å²) in [4.78, 5) is 15.2. The van der Waals surface area contributed by atoms with Gasteiger partial charge in [-0.1, -0.05) is 224 Å². The Kier molecular flexibility index (Phi) is 12.0. The van der Waals surface area contributed by atoms with Crippen LogP contribution < -0.4 is 0 Å². The Morgan fingerprint density at radius 2 is 0.490 bits per heavy atom. The van der Waals surface area contributed by atoms with Gasteiger partial charge in [0.25, 0.3) is 0 Å². The molecule has 0 N–H and O–H groups in total. The lowest BCUT2D eigenvalue weighted by Gasteiger charge is -2.13. The third-order valence-electron chi connectivity index (χ3n) is 21.2. The van der Waals surface area contributed by atoms with Crippen molar-refractivity contribution in [2.24, 2.45) is 0 Å². The third-order valence-corrected chi connectivity index (χ3v) is 21.2. The van der Waals surface area contributed by atoms with E-state index in [0.29, 0.717) is 0 Å². The van der Waals surface area contributed by atoms with E-state index in [9.17, 15) is 0 Å². The minimum absolute atomic E-state index is 1.01. The average Bonchev–Trinajstić information content (AvgIpc) is 1.58. The number of nitrogens with zero attached hydrogens (tertiary/aromatic N) is 9. The van der Waals surface area contributed by atoms with Gasteiger partial charge in [0.15, 0.2) is 0 Å². The van der Waals surface area contributed by atoms with Crippen molar-refractivity contribution in [3.63, 3.8) is 0 Å². The largest absolute Gasteiger partial charge is 0.309 e. The Bertz CT molecular complexity index is 7530. The standard InChI is InChI=1S/3C31H19N3/c1-2-10-20(11-3-1)33-26-16-8-6-12-21(26)23-18-19-28-29(30(23)33)22-13-4-5-14-24(22)31-32-25-15-7-9-17-27(25)34(28)31;1-2-10-20(11-3-1)33-27-16-8-6-13-22(27)25-18-24-21-12-4-5-14-23(21)31-32-26-15-7-9-17-28(26)34(31)30(24)19-29(25)33;1-2-10-20(11-3-1)33-25-16-8-6-14-23(25)30-27(33)18-19-28-29(30)21-12-4-5-13-22(21)31-32-24-15-7-9-17-26(24)34(28)31/h3*1-19H. The molecule has 0 radical (unpaired) electrons. The number of hydrogen-bond donors (Lipinski definition) is 0. The maximum absolute atomic E-state index is 5.05. The van der Waals surface area contributed by atoms with Crippen molar-refractivity contribution in [2.75, 3.05) is 0 Å². The predicted octanol–water partition coefficient (Wildman–Crippen LogP) is 23.7. The SMILES string of the molecule is c1ccc(-n2c3ccccc3c3c4c5ccccc5c5nc6ccccc6n5c4ccc32)cc1.c1ccc(-n2c3ccccc3c3cc4c5ccccc5c5nc6ccccc6n5c4cc32)cc1.c1ccc(-n2c3ccccc3c3ccc4c(c5ccccc5c5nc6ccccc6n45)c32)cc1. The molecule has 0 fully saturated rings. The van der Waals surface area contributed by atoms with Crippen molar-refractivity contribution in [2.45, 2.75) is 0 Å². The first-order chi connectivity index (χ1) is 50.7. The van der Waals surface area contributed by atoms with Gasteiger partial charge in [0.2, 0.25) is 0 Å². The summed E-state index contributed by atoms with van der Waals surface area (Å²) in [5.74, 6) is 0. The van der Waals surface area contributed by atoms with Crippen molar-refractivity contribution in [3.8, 4) is 17.1 Å². The number of pyridine rings is 3. The quantitative estimate of drug-likeness (QED) is 0.166. The van der Waals surface area contributed by atoms with Gasteiger partial charge in [-0.15, -0.1) is 0 Å². The molecule has 9 heterocycles. The summed E-state index contributed by atoms with van der Waals surface area (Å²) in [6, 6.07) is 123. The fourth-order valence-corrected chi connectivity index (χ4v) is 17.0. The fraction of sp³-hybridized carbons (Fsp3) is 0. The molecule has 0 bridgehead atoms. The molecule has 0 unspecified atom stereocenters. The van der Waals surface area contributed by atoms with Crippen LogP contribution in [-0.4, -0.2) is 41.9 Å². The van der Waals surface area contributed by atoms with Crippen molar-refractivity contribution >= 4 is 180 Å². The highest BCUT2D eigenvalue weighted by Gasteiger charge is 2.24. The van der Waals surface area contributed by atoms with Crippen LogP contribution in [0.3, 0.4) is 0 Å². The van der Waals surface area contributed by atoms with Gasteiger partial charge < -0.3 is 13.7 Å². The molecule has 474 valence electrons. The molecule has 0 amide bonds. The lowest BCUT2D eigenvalue weighted by atomic mass is 10.0. The van der Waals surface area contributed by atoms with E-state index in [4.69, 9.17) is 15.0 Å². The highest BCUT2D eigenvalue weighted by atomic mass is 15.1. The summed E-state index contributed by atoms with van der Waals surface area (Å²) in [6.07, 6.45) is 0. The second kappa shape index (κ2) is 21.8. The molecule has 9 aromatic heterocycles. The van der Waals surface area contributed by atoms with E-state index in [-0.39, 0.29) is 0 Å². The zero-order valence-electron chi connectivity index (χ0n) is 54.9. The van der Waals surface area contributed by atoms with Crippen LogP contribution in [0, 0.1) is 0 Å². The molecular formula is C93H57N9. The van der Waals surface area contributed by atoms with Gasteiger partial charge in [-0.3, -0.25) is 13.2 Å². The number of aromatic nitrogens is 9. The second-order valence-corrected chi connectivity index (χ2v) is 26.6. The number of fused-ring (bicyclic) bond motifs is 35. The molecule has 0 aliphatic rings. The zero-order valence-corrected chi connectivity index (χ0v) is 54.9. The number of imidazole rings is 3. The topological polar surface area (TPSA) is 66.7 Å². The minimum atomic E-state index is 1.01. The van der Waals surface area contributed by atoms with Gasteiger partial charge in [-0.25, -0.2) is 15.0 Å². The summed E-state index contributed by atoms with van der Waals surface area (Å²) in [5.41, 5.74) is 23.8. The van der Waals surface area contributed by atoms with Crippen LogP contribution in [0.2, 0.25) is 0 Å². The first-order valence-corrected chi connectivity index (χ1v) is 34.8. The normalized spacial score (nSPS) is 12.1. The summed E-state index contributed by atoms with van der Waals surface area (Å²) >= 11 is 0. The molecule has 102 heavy (non-hydrogen) atoms. The molecule has 0 saturated carbocycles. The molecule has 0 saturated heterocycles. The van der Waals surface area contributed by atoms with Gasteiger partial charge in [0, 0.05) is 81.7 Å². The number of rotatable bonds is 3. The van der Waals surface area contributed by atoms with E-state index < -0.39 is 0 Å². The maximum atomic E-state index is 5.05. The van der Waals surface area contributed by atoms with Crippen molar-refractivity contribution < 1.29 is 0 Å². The molecule has 0 spiro atoms. The summed E-state index contributed by atoms with van der Waals surface area (Å²) in [5, 5.41) is 18.6. The lowest BCUT2D eigenvalue weighted by molar-refractivity contribution is 1.18. The zero-order chi connectivity index (χ0) is 66.7. The number of benzene rings is 15. The van der Waals surface area contributed by atoms with Crippen LogP contribution in [0.4, 0.5) is 0 Å². The molecule has 15 aromatic carbocycles. The summed E-state index contributed by atoms with van der Waals surface area (Å²) < 4.78 is 14.2. The highest BCUT2D eigenvalue weighted by molar-refractivity contribution is 6.31. The second-order valence-electron chi connectivity index (χ2n) is 26.6.